The Balaban J connectivity index is 1.60. The maximum atomic E-state index is 13.9. The van der Waals surface area contributed by atoms with Crippen molar-refractivity contribution in [1.82, 2.24) is 14.9 Å². The van der Waals surface area contributed by atoms with E-state index >= 15 is 0 Å². The van der Waals surface area contributed by atoms with Crippen LogP contribution in [0.4, 0.5) is 4.39 Å². The lowest BCUT2D eigenvalue weighted by atomic mass is 10.1. The number of hydrogen-bond donors (Lipinski definition) is 1. The standard InChI is InChI=1S/C17H15FN4O2S/c18-14-6-12-8-23-16(11-4-2-1-3-5-11)24-15(12)13(7-14)9-25-17-21-20-10-22(17)19/h1-7,10,16H,8-9,19H2/t16-/m0/s1. The van der Waals surface area contributed by atoms with Crippen LogP contribution in [0.2, 0.25) is 0 Å². The zero-order chi connectivity index (χ0) is 17.2. The number of halogens is 1. The first-order chi connectivity index (χ1) is 12.2. The van der Waals surface area contributed by atoms with Gasteiger partial charge in [-0.05, 0) is 12.1 Å². The molecule has 1 aliphatic heterocycles. The second kappa shape index (κ2) is 6.73. The van der Waals surface area contributed by atoms with E-state index in [0.717, 1.165) is 11.1 Å². The lowest BCUT2D eigenvalue weighted by Crippen LogP contribution is -2.19. The minimum atomic E-state index is -0.513. The van der Waals surface area contributed by atoms with Crippen molar-refractivity contribution < 1.29 is 13.9 Å². The Bertz CT molecular complexity index is 888. The number of fused-ring (bicyclic) bond motifs is 1. The van der Waals surface area contributed by atoms with E-state index in [-0.39, 0.29) is 12.4 Å². The molecule has 2 aromatic carbocycles. The maximum Gasteiger partial charge on any atom is 0.227 e. The van der Waals surface area contributed by atoms with Crippen molar-refractivity contribution in [3.63, 3.8) is 0 Å². The number of hydrogen-bond acceptors (Lipinski definition) is 6. The van der Waals surface area contributed by atoms with Crippen LogP contribution in [0.15, 0.2) is 53.9 Å². The fourth-order valence-electron chi connectivity index (χ4n) is 2.64. The zero-order valence-electron chi connectivity index (χ0n) is 13.1. The number of benzene rings is 2. The van der Waals surface area contributed by atoms with Crippen LogP contribution in [-0.4, -0.2) is 14.9 Å². The highest BCUT2D eigenvalue weighted by Crippen LogP contribution is 2.38. The third-order valence-electron chi connectivity index (χ3n) is 3.79. The molecule has 0 saturated carbocycles. The molecular formula is C17H15FN4O2S. The van der Waals surface area contributed by atoms with Crippen molar-refractivity contribution in [1.29, 1.82) is 0 Å². The van der Waals surface area contributed by atoms with Crippen LogP contribution in [0.5, 0.6) is 5.75 Å². The summed E-state index contributed by atoms with van der Waals surface area (Å²) >= 11 is 1.36. The number of nitrogens with two attached hydrogens (primary N) is 1. The van der Waals surface area contributed by atoms with E-state index in [2.05, 4.69) is 10.2 Å². The second-order valence-corrected chi connectivity index (χ2v) is 6.48. The average Bonchev–Trinajstić information content (AvgIpc) is 3.05. The van der Waals surface area contributed by atoms with Crippen molar-refractivity contribution >= 4 is 11.8 Å². The molecule has 0 unspecified atom stereocenters. The zero-order valence-corrected chi connectivity index (χ0v) is 13.9. The number of aromatic nitrogens is 3. The number of rotatable bonds is 4. The summed E-state index contributed by atoms with van der Waals surface area (Å²) in [6, 6.07) is 12.6. The highest BCUT2D eigenvalue weighted by atomic mass is 32.2. The summed E-state index contributed by atoms with van der Waals surface area (Å²) in [7, 11) is 0. The molecule has 1 aromatic heterocycles. The molecule has 0 saturated heterocycles. The van der Waals surface area contributed by atoms with Crippen molar-refractivity contribution in [2.45, 2.75) is 23.8 Å². The molecule has 0 aliphatic carbocycles. The van der Waals surface area contributed by atoms with E-state index < -0.39 is 6.29 Å². The van der Waals surface area contributed by atoms with Crippen LogP contribution in [0, 0.1) is 5.82 Å². The maximum absolute atomic E-state index is 13.9. The van der Waals surface area contributed by atoms with Gasteiger partial charge < -0.3 is 15.3 Å². The molecule has 128 valence electrons. The van der Waals surface area contributed by atoms with E-state index in [0.29, 0.717) is 22.2 Å². The topological polar surface area (TPSA) is 75.2 Å². The molecule has 1 atom stereocenters. The summed E-state index contributed by atoms with van der Waals surface area (Å²) in [6.45, 7) is 0.289. The molecular weight excluding hydrogens is 343 g/mol. The first kappa shape index (κ1) is 15.9. The largest absolute Gasteiger partial charge is 0.460 e. The Hall–Kier alpha value is -2.58. The molecule has 6 nitrogen and oxygen atoms in total. The summed E-state index contributed by atoms with van der Waals surface area (Å²) in [4.78, 5) is 0. The van der Waals surface area contributed by atoms with E-state index in [1.54, 1.807) is 0 Å². The van der Waals surface area contributed by atoms with Crippen molar-refractivity contribution in [3.05, 3.63) is 71.3 Å². The molecule has 8 heteroatoms. The summed E-state index contributed by atoms with van der Waals surface area (Å²) in [5.41, 5.74) is 2.34. The minimum Gasteiger partial charge on any atom is -0.460 e. The predicted molar refractivity (Wildman–Crippen MR) is 90.7 cm³/mol. The van der Waals surface area contributed by atoms with E-state index in [1.165, 1.54) is 34.9 Å². The first-order valence-corrected chi connectivity index (χ1v) is 8.61. The molecule has 4 rings (SSSR count). The second-order valence-electron chi connectivity index (χ2n) is 5.53. The van der Waals surface area contributed by atoms with Gasteiger partial charge in [-0.15, -0.1) is 10.2 Å². The van der Waals surface area contributed by atoms with Crippen molar-refractivity contribution in [3.8, 4) is 5.75 Å². The van der Waals surface area contributed by atoms with Crippen LogP contribution < -0.4 is 10.6 Å². The van der Waals surface area contributed by atoms with Gasteiger partial charge in [0.25, 0.3) is 0 Å². The number of thioether (sulfide) groups is 1. The van der Waals surface area contributed by atoms with Gasteiger partial charge in [0.2, 0.25) is 11.4 Å². The SMILES string of the molecule is Nn1cnnc1SCc1cc(F)cc2c1O[C@@H](c1ccccc1)OC2. The number of ether oxygens (including phenoxy) is 2. The lowest BCUT2D eigenvalue weighted by Gasteiger charge is -2.28. The molecule has 0 amide bonds. The first-order valence-electron chi connectivity index (χ1n) is 7.63. The summed E-state index contributed by atoms with van der Waals surface area (Å²) in [5, 5.41) is 8.20. The molecule has 0 radical (unpaired) electrons. The fraction of sp³-hybridized carbons (Fsp3) is 0.176. The minimum absolute atomic E-state index is 0.289. The Morgan fingerprint density at radius 3 is 2.88 bits per heavy atom. The molecule has 0 spiro atoms. The third kappa shape index (κ3) is 3.31. The quantitative estimate of drug-likeness (QED) is 0.571. The van der Waals surface area contributed by atoms with Crippen LogP contribution >= 0.6 is 11.8 Å². The predicted octanol–water partition coefficient (Wildman–Crippen LogP) is 3.03. The number of nitrogen functional groups attached to an aromatic ring is 1. The summed E-state index contributed by atoms with van der Waals surface area (Å²) in [5.74, 6) is 6.50. The van der Waals surface area contributed by atoms with Gasteiger partial charge in [-0.1, -0.05) is 42.1 Å². The Kier molecular flexibility index (Phi) is 4.29. The average molecular weight is 358 g/mol. The highest BCUT2D eigenvalue weighted by molar-refractivity contribution is 7.98. The van der Waals surface area contributed by atoms with Gasteiger partial charge in [0, 0.05) is 22.4 Å². The van der Waals surface area contributed by atoms with Gasteiger partial charge in [-0.25, -0.2) is 9.07 Å². The van der Waals surface area contributed by atoms with E-state index in [1.807, 2.05) is 30.3 Å². The van der Waals surface area contributed by atoms with Crippen molar-refractivity contribution in [2.24, 2.45) is 0 Å². The van der Waals surface area contributed by atoms with E-state index in [9.17, 15) is 4.39 Å². The molecule has 3 aromatic rings. The van der Waals surface area contributed by atoms with Gasteiger partial charge >= 0.3 is 0 Å². The molecule has 1 aliphatic rings. The lowest BCUT2D eigenvalue weighted by molar-refractivity contribution is -0.112. The summed E-state index contributed by atoms with van der Waals surface area (Å²) < 4.78 is 27.0. The van der Waals surface area contributed by atoms with Gasteiger partial charge in [0.05, 0.1) is 6.61 Å². The molecule has 0 bridgehead atoms. The van der Waals surface area contributed by atoms with Crippen LogP contribution in [0.1, 0.15) is 23.0 Å². The van der Waals surface area contributed by atoms with Gasteiger partial charge in [-0.2, -0.15) is 0 Å². The third-order valence-corrected chi connectivity index (χ3v) is 4.80. The summed E-state index contributed by atoms with van der Waals surface area (Å²) in [6.07, 6.45) is 0.903. The molecule has 2 N–H and O–H groups in total. The smallest absolute Gasteiger partial charge is 0.227 e. The fourth-order valence-corrected chi connectivity index (χ4v) is 3.44. The highest BCUT2D eigenvalue weighted by Gasteiger charge is 2.25. The number of nitrogens with zero attached hydrogens (tertiary/aromatic N) is 3. The van der Waals surface area contributed by atoms with Crippen LogP contribution in [0.3, 0.4) is 0 Å². The van der Waals surface area contributed by atoms with Gasteiger partial charge in [-0.3, -0.25) is 0 Å². The van der Waals surface area contributed by atoms with Crippen LogP contribution in [0.25, 0.3) is 0 Å². The van der Waals surface area contributed by atoms with Gasteiger partial charge in [0.15, 0.2) is 0 Å². The Morgan fingerprint density at radius 2 is 2.12 bits per heavy atom. The van der Waals surface area contributed by atoms with Crippen LogP contribution in [-0.2, 0) is 17.1 Å². The monoisotopic (exact) mass is 358 g/mol. The molecule has 25 heavy (non-hydrogen) atoms. The normalized spacial score (nSPS) is 16.3. The molecule has 0 fully saturated rings. The van der Waals surface area contributed by atoms with E-state index in [4.69, 9.17) is 15.3 Å². The van der Waals surface area contributed by atoms with Gasteiger partial charge in [0.1, 0.15) is 17.9 Å². The molecule has 2 heterocycles. The Morgan fingerprint density at radius 1 is 1.28 bits per heavy atom. The Labute approximate surface area is 147 Å². The van der Waals surface area contributed by atoms with Crippen molar-refractivity contribution in [2.75, 3.05) is 5.84 Å².